The van der Waals surface area contributed by atoms with E-state index in [0.29, 0.717) is 19.0 Å². The summed E-state index contributed by atoms with van der Waals surface area (Å²) in [6.45, 7) is 10.7. The molecule has 1 spiro atoms. The summed E-state index contributed by atoms with van der Waals surface area (Å²) in [5.74, 6) is 2.37. The van der Waals surface area contributed by atoms with Crippen LogP contribution in [0, 0.1) is 0 Å². The van der Waals surface area contributed by atoms with Gasteiger partial charge in [-0.25, -0.2) is 0 Å². The Morgan fingerprint density at radius 1 is 1.28 bits per heavy atom. The average Bonchev–Trinajstić information content (AvgIpc) is 2.60. The van der Waals surface area contributed by atoms with Crippen molar-refractivity contribution in [2.24, 2.45) is 0 Å². The maximum Gasteiger partial charge on any atom is 0.224 e. The Bertz CT molecular complexity index is 453. The van der Waals surface area contributed by atoms with Crippen LogP contribution < -0.4 is 5.32 Å². The minimum absolute atomic E-state index is 0.0855. The van der Waals surface area contributed by atoms with Crippen LogP contribution in [0.4, 0.5) is 0 Å². The van der Waals surface area contributed by atoms with Crippen molar-refractivity contribution in [1.82, 2.24) is 15.1 Å². The van der Waals surface area contributed by atoms with Crippen LogP contribution in [0.3, 0.4) is 0 Å². The van der Waals surface area contributed by atoms with Crippen LogP contribution in [0.1, 0.15) is 40.0 Å². The normalized spacial score (nSPS) is 22.0. The first-order chi connectivity index (χ1) is 12.0. The minimum Gasteiger partial charge on any atom is -0.372 e. The van der Waals surface area contributed by atoms with Gasteiger partial charge in [0.05, 0.1) is 12.2 Å². The summed E-state index contributed by atoms with van der Waals surface area (Å²) >= 11 is 1.99. The van der Waals surface area contributed by atoms with Crippen molar-refractivity contribution in [3.63, 3.8) is 0 Å². The summed E-state index contributed by atoms with van der Waals surface area (Å²) in [4.78, 5) is 27.6. The maximum absolute atomic E-state index is 12.3. The number of likely N-dealkylation sites (tertiary alicyclic amines) is 1. The Hall–Kier alpha value is -0.790. The van der Waals surface area contributed by atoms with Gasteiger partial charge in [-0.3, -0.25) is 14.5 Å². The van der Waals surface area contributed by atoms with Crippen molar-refractivity contribution in [2.75, 3.05) is 50.8 Å². The highest BCUT2D eigenvalue weighted by atomic mass is 32.2. The fourth-order valence-corrected chi connectivity index (χ4v) is 4.40. The van der Waals surface area contributed by atoms with E-state index in [2.05, 4.69) is 24.1 Å². The second kappa shape index (κ2) is 9.78. The van der Waals surface area contributed by atoms with Crippen LogP contribution in [0.25, 0.3) is 0 Å². The Labute approximate surface area is 156 Å². The highest BCUT2D eigenvalue weighted by molar-refractivity contribution is 7.99. The monoisotopic (exact) mass is 371 g/mol. The molecule has 0 aliphatic carbocycles. The van der Waals surface area contributed by atoms with Gasteiger partial charge in [0.25, 0.3) is 0 Å². The van der Waals surface area contributed by atoms with Gasteiger partial charge in [0, 0.05) is 57.9 Å². The molecule has 1 N–H and O–H groups in total. The fraction of sp³-hybridized carbons (Fsp3) is 0.889. The summed E-state index contributed by atoms with van der Waals surface area (Å²) < 4.78 is 6.19. The van der Waals surface area contributed by atoms with E-state index in [-0.39, 0.29) is 17.4 Å². The first-order valence-corrected chi connectivity index (χ1v) is 10.6. The zero-order valence-corrected chi connectivity index (χ0v) is 16.7. The molecule has 2 fully saturated rings. The van der Waals surface area contributed by atoms with Gasteiger partial charge in [0.1, 0.15) is 0 Å². The van der Waals surface area contributed by atoms with Gasteiger partial charge in [0.2, 0.25) is 11.8 Å². The number of piperidine rings is 1. The van der Waals surface area contributed by atoms with Gasteiger partial charge >= 0.3 is 0 Å². The van der Waals surface area contributed by atoms with Crippen molar-refractivity contribution in [1.29, 1.82) is 0 Å². The van der Waals surface area contributed by atoms with Crippen LogP contribution in [0.5, 0.6) is 0 Å². The SMILES string of the molecule is CCSCC(C)N1CCOC2(CCN(C(=O)CCNC(C)=O)CC2)C1. The lowest BCUT2D eigenvalue weighted by atomic mass is 9.88. The number of ether oxygens (including phenoxy) is 1. The number of rotatable bonds is 7. The van der Waals surface area contributed by atoms with E-state index in [1.807, 2.05) is 16.7 Å². The van der Waals surface area contributed by atoms with E-state index in [1.165, 1.54) is 12.7 Å². The number of nitrogens with one attached hydrogen (secondary N) is 1. The molecular weight excluding hydrogens is 338 g/mol. The zero-order valence-electron chi connectivity index (χ0n) is 15.9. The topological polar surface area (TPSA) is 61.9 Å². The van der Waals surface area contributed by atoms with Crippen molar-refractivity contribution < 1.29 is 14.3 Å². The molecule has 0 saturated carbocycles. The van der Waals surface area contributed by atoms with Crippen LogP contribution in [-0.4, -0.2) is 84.1 Å². The summed E-state index contributed by atoms with van der Waals surface area (Å²) in [6, 6.07) is 0.572. The molecule has 2 amide bonds. The lowest BCUT2D eigenvalue weighted by Gasteiger charge is -2.48. The highest BCUT2D eigenvalue weighted by Crippen LogP contribution is 2.31. The molecule has 2 rings (SSSR count). The van der Waals surface area contributed by atoms with Gasteiger partial charge in [-0.1, -0.05) is 6.92 Å². The predicted octanol–water partition coefficient (Wildman–Crippen LogP) is 1.35. The summed E-state index contributed by atoms with van der Waals surface area (Å²) in [7, 11) is 0. The molecule has 0 radical (unpaired) electrons. The van der Waals surface area contributed by atoms with Crippen molar-refractivity contribution in [3.05, 3.63) is 0 Å². The molecule has 25 heavy (non-hydrogen) atoms. The van der Waals surface area contributed by atoms with E-state index in [0.717, 1.165) is 51.4 Å². The number of morpholine rings is 1. The van der Waals surface area contributed by atoms with Crippen molar-refractivity contribution >= 4 is 23.6 Å². The Morgan fingerprint density at radius 3 is 2.64 bits per heavy atom. The molecule has 0 aromatic carbocycles. The van der Waals surface area contributed by atoms with Crippen LogP contribution in [-0.2, 0) is 14.3 Å². The largest absolute Gasteiger partial charge is 0.372 e. The number of nitrogens with zero attached hydrogens (tertiary/aromatic N) is 2. The molecule has 144 valence electrons. The number of thioether (sulfide) groups is 1. The van der Waals surface area contributed by atoms with E-state index in [1.54, 1.807) is 0 Å². The van der Waals surface area contributed by atoms with Crippen LogP contribution in [0.2, 0.25) is 0 Å². The molecule has 1 atom stereocenters. The Morgan fingerprint density at radius 2 is 2.00 bits per heavy atom. The number of hydrogen-bond acceptors (Lipinski definition) is 5. The molecule has 6 nitrogen and oxygen atoms in total. The van der Waals surface area contributed by atoms with Gasteiger partial charge in [-0.2, -0.15) is 11.8 Å². The van der Waals surface area contributed by atoms with E-state index in [4.69, 9.17) is 4.74 Å². The Balaban J connectivity index is 1.79. The molecule has 0 aromatic heterocycles. The average molecular weight is 372 g/mol. The Kier molecular flexibility index (Phi) is 8.03. The molecule has 0 aromatic rings. The zero-order chi connectivity index (χ0) is 18.3. The third-order valence-corrected chi connectivity index (χ3v) is 6.33. The third kappa shape index (κ3) is 6.15. The first-order valence-electron chi connectivity index (χ1n) is 9.44. The highest BCUT2D eigenvalue weighted by Gasteiger charge is 2.41. The smallest absolute Gasteiger partial charge is 0.224 e. The predicted molar refractivity (Wildman–Crippen MR) is 102 cm³/mol. The van der Waals surface area contributed by atoms with Crippen LogP contribution in [0.15, 0.2) is 0 Å². The third-order valence-electron chi connectivity index (χ3n) is 5.20. The minimum atomic E-state index is -0.0866. The lowest BCUT2D eigenvalue weighted by molar-refractivity contribution is -0.152. The van der Waals surface area contributed by atoms with E-state index >= 15 is 0 Å². The van der Waals surface area contributed by atoms with Gasteiger partial charge in [0.15, 0.2) is 0 Å². The van der Waals surface area contributed by atoms with E-state index in [9.17, 15) is 9.59 Å². The van der Waals surface area contributed by atoms with E-state index < -0.39 is 0 Å². The molecule has 2 aliphatic rings. The standard InChI is InChI=1S/C18H33N3O3S/c1-4-25-13-15(2)21-11-12-24-18(14-21)6-9-20(10-7-18)17(23)5-8-19-16(3)22/h15H,4-14H2,1-3H3,(H,19,22). The molecule has 0 bridgehead atoms. The summed E-state index contributed by atoms with van der Waals surface area (Å²) in [5.41, 5.74) is -0.0855. The summed E-state index contributed by atoms with van der Waals surface area (Å²) in [6.07, 6.45) is 2.19. The second-order valence-electron chi connectivity index (χ2n) is 7.12. The first kappa shape index (κ1) is 20.5. The number of carbonyl (C=O) groups excluding carboxylic acids is 2. The van der Waals surface area contributed by atoms with Gasteiger partial charge < -0.3 is 15.0 Å². The number of amides is 2. The van der Waals surface area contributed by atoms with Crippen molar-refractivity contribution in [2.45, 2.75) is 51.7 Å². The maximum atomic E-state index is 12.3. The van der Waals surface area contributed by atoms with Crippen LogP contribution >= 0.6 is 11.8 Å². The molecular formula is C18H33N3O3S. The number of carbonyl (C=O) groups is 2. The second-order valence-corrected chi connectivity index (χ2v) is 8.44. The molecule has 2 saturated heterocycles. The number of hydrogen-bond donors (Lipinski definition) is 1. The quantitative estimate of drug-likeness (QED) is 0.732. The van der Waals surface area contributed by atoms with Gasteiger partial charge in [-0.05, 0) is 25.5 Å². The molecule has 1 unspecified atom stereocenters. The summed E-state index contributed by atoms with van der Waals surface area (Å²) in [5, 5.41) is 2.69. The molecule has 2 aliphatic heterocycles. The lowest BCUT2D eigenvalue weighted by Crippen LogP contribution is -2.59. The molecule has 7 heteroatoms. The molecule has 2 heterocycles. The van der Waals surface area contributed by atoms with Crippen molar-refractivity contribution in [3.8, 4) is 0 Å². The fourth-order valence-electron chi connectivity index (χ4n) is 3.61. The van der Waals surface area contributed by atoms with Gasteiger partial charge in [-0.15, -0.1) is 0 Å².